The molecule has 5 aliphatic rings. The summed E-state index contributed by atoms with van der Waals surface area (Å²) in [4.78, 5) is 15.3. The summed E-state index contributed by atoms with van der Waals surface area (Å²) in [5.74, 6) is 0.400. The average molecular weight is 344 g/mol. The first-order valence-electron chi connectivity index (χ1n) is 11.7. The molecule has 1 unspecified atom stereocenters. The van der Waals surface area contributed by atoms with Crippen molar-refractivity contribution in [2.24, 2.45) is 29.1 Å². The van der Waals surface area contributed by atoms with Gasteiger partial charge in [-0.25, -0.2) is 0 Å². The number of allylic oxidation sites excluding steroid dienone is 4. The van der Waals surface area contributed by atoms with E-state index in [0.717, 1.165) is 32.1 Å². The highest BCUT2D eigenvalue weighted by atomic mass is 16.1. The zero-order chi connectivity index (χ0) is 18.8. The van der Waals surface area contributed by atoms with Crippen molar-refractivity contribution in [1.29, 1.82) is 0 Å². The lowest BCUT2D eigenvalue weighted by Gasteiger charge is -2.52. The Hall–Kier alpha value is -1.05. The number of nitrogens with zero attached hydrogens (tertiary/aromatic N) is 1. The van der Waals surface area contributed by atoms with E-state index in [4.69, 9.17) is 1.37 Å². The second kappa shape index (κ2) is 5.99. The zero-order valence-electron chi connectivity index (χ0n) is 17.6. The second-order valence-corrected chi connectivity index (χ2v) is 8.95. The van der Waals surface area contributed by atoms with Crippen LogP contribution in [-0.2, 0) is 4.79 Å². The van der Waals surface area contributed by atoms with E-state index in [-0.39, 0.29) is 17.3 Å². The van der Waals surface area contributed by atoms with Gasteiger partial charge >= 0.3 is 0 Å². The molecule has 0 bridgehead atoms. The quantitative estimate of drug-likeness (QED) is 0.694. The molecule has 0 spiro atoms. The lowest BCUT2D eigenvalue weighted by molar-refractivity contribution is -0.132. The molecular weight excluding hydrogens is 306 g/mol. The molecule has 3 fully saturated rings. The Kier molecular flexibility index (Phi) is 3.37. The largest absolute Gasteiger partial charge is 0.375 e. The molecule has 1 heterocycles. The van der Waals surface area contributed by atoms with Gasteiger partial charge < -0.3 is 4.90 Å². The molecule has 6 atom stereocenters. The third-order valence-electron chi connectivity index (χ3n) is 8.14. The fourth-order valence-electron chi connectivity index (χ4n) is 6.76. The van der Waals surface area contributed by atoms with Gasteiger partial charge in [-0.2, -0.15) is 0 Å². The molecule has 0 amide bonds. The van der Waals surface area contributed by atoms with E-state index in [1.54, 1.807) is 0 Å². The monoisotopic (exact) mass is 343 g/mol. The van der Waals surface area contributed by atoms with Gasteiger partial charge in [0.25, 0.3) is 0 Å². The van der Waals surface area contributed by atoms with Gasteiger partial charge in [0, 0.05) is 33.4 Å². The Morgan fingerprint density at radius 2 is 2.16 bits per heavy atom. The van der Waals surface area contributed by atoms with Crippen LogP contribution >= 0.6 is 0 Å². The van der Waals surface area contributed by atoms with Gasteiger partial charge in [-0.15, -0.1) is 0 Å². The maximum Gasteiger partial charge on any atom is 0.139 e. The SMILES string of the molecule is [3H]C1C[C@]2(CC)C(=O)CC[C@H]2[C@@H]2CC=C3C=C(N4CCCC4)CC[C@@H]3[C@@]12[3H]. The van der Waals surface area contributed by atoms with E-state index in [2.05, 4.69) is 24.0 Å². The van der Waals surface area contributed by atoms with Crippen molar-refractivity contribution < 1.29 is 7.54 Å². The minimum absolute atomic E-state index is 0.190. The van der Waals surface area contributed by atoms with E-state index in [0.29, 0.717) is 24.5 Å². The Morgan fingerprint density at radius 3 is 2.96 bits per heavy atom. The summed E-state index contributed by atoms with van der Waals surface area (Å²) in [6.07, 6.45) is 13.0. The molecule has 1 aliphatic heterocycles. The molecule has 2 nitrogen and oxygen atoms in total. The number of Topliss-reactive ketones (excluding diaryl/α,β-unsaturated/α-hetero) is 1. The molecule has 0 aromatic heterocycles. The number of ketones is 1. The number of carbonyl (C=O) groups is 1. The Balaban J connectivity index is 1.51. The maximum atomic E-state index is 12.8. The number of hydrogen-bond donors (Lipinski definition) is 0. The van der Waals surface area contributed by atoms with Crippen LogP contribution in [-0.4, -0.2) is 23.8 Å². The number of fused-ring (bicyclic) bond motifs is 5. The van der Waals surface area contributed by atoms with Crippen LogP contribution < -0.4 is 0 Å². The van der Waals surface area contributed by atoms with Crippen molar-refractivity contribution >= 4 is 5.78 Å². The van der Waals surface area contributed by atoms with Crippen LogP contribution in [0.15, 0.2) is 23.4 Å². The third kappa shape index (κ3) is 2.32. The first-order chi connectivity index (χ1) is 13.0. The summed E-state index contributed by atoms with van der Waals surface area (Å²) in [7, 11) is 0. The fraction of sp³-hybridized carbons (Fsp3) is 0.783. The summed E-state index contributed by atoms with van der Waals surface area (Å²) >= 11 is 0. The molecule has 0 aromatic carbocycles. The molecule has 5 rings (SSSR count). The predicted molar refractivity (Wildman–Crippen MR) is 101 cm³/mol. The van der Waals surface area contributed by atoms with Gasteiger partial charge in [0.2, 0.25) is 0 Å². The number of rotatable bonds is 2. The summed E-state index contributed by atoms with van der Waals surface area (Å²) in [5.41, 5.74) is 2.51. The first kappa shape index (κ1) is 14.1. The molecule has 2 heteroatoms. The van der Waals surface area contributed by atoms with Crippen molar-refractivity contribution in [2.45, 2.75) is 71.1 Å². The maximum absolute atomic E-state index is 12.8. The second-order valence-electron chi connectivity index (χ2n) is 8.95. The number of likely N-dealkylation sites (tertiary alicyclic amines) is 1. The van der Waals surface area contributed by atoms with Crippen molar-refractivity contribution in [3.8, 4) is 0 Å². The summed E-state index contributed by atoms with van der Waals surface area (Å²) in [6, 6.07) is 0. The lowest BCUT2D eigenvalue weighted by atomic mass is 9.52. The van der Waals surface area contributed by atoms with E-state index < -0.39 is 12.3 Å². The van der Waals surface area contributed by atoms with Gasteiger partial charge in [-0.1, -0.05) is 13.0 Å². The van der Waals surface area contributed by atoms with Gasteiger partial charge in [-0.3, -0.25) is 4.79 Å². The van der Waals surface area contributed by atoms with E-state index >= 15 is 0 Å². The van der Waals surface area contributed by atoms with Gasteiger partial charge in [0.1, 0.15) is 5.78 Å². The standard InChI is InChI=1S/C23H33NO/c1-2-23-12-11-19-18-8-6-17(24-13-3-4-14-24)15-16(18)5-7-20(19)21(23)9-10-22(23)25/h5,15,18-21H,2-4,6-14H2,1H3/t18-,19+,20+,21-,23-/m0/s1/i11T,19T/t11?,18-,19+,20+,21-,23-. The highest BCUT2D eigenvalue weighted by Gasteiger charge is 2.56. The molecule has 25 heavy (non-hydrogen) atoms. The molecule has 4 aliphatic carbocycles. The Labute approximate surface area is 155 Å². The molecular formula is C23H33NO. The van der Waals surface area contributed by atoms with Crippen molar-refractivity contribution in [2.75, 3.05) is 13.1 Å². The van der Waals surface area contributed by atoms with Gasteiger partial charge in [0.05, 0.1) is 0 Å². The van der Waals surface area contributed by atoms with E-state index in [1.807, 2.05) is 0 Å². The minimum Gasteiger partial charge on any atom is -0.375 e. The number of carbonyl (C=O) groups excluding carboxylic acids is 1. The van der Waals surface area contributed by atoms with Crippen molar-refractivity contribution in [1.82, 2.24) is 4.90 Å². The van der Waals surface area contributed by atoms with Crippen LogP contribution in [0.25, 0.3) is 0 Å². The molecule has 2 saturated carbocycles. The van der Waals surface area contributed by atoms with Crippen LogP contribution in [0.3, 0.4) is 0 Å². The normalized spacial score (nSPS) is 50.3. The molecule has 1 saturated heterocycles. The van der Waals surface area contributed by atoms with E-state index in [1.165, 1.54) is 37.2 Å². The molecule has 0 aromatic rings. The molecule has 0 radical (unpaired) electrons. The lowest BCUT2D eigenvalue weighted by Crippen LogP contribution is -2.46. The van der Waals surface area contributed by atoms with Crippen LogP contribution in [0, 0.1) is 29.1 Å². The summed E-state index contributed by atoms with van der Waals surface area (Å²) in [5, 5.41) is 0. The van der Waals surface area contributed by atoms with Crippen molar-refractivity contribution in [3.05, 3.63) is 23.4 Å². The molecule has 0 N–H and O–H groups in total. The fourth-order valence-corrected chi connectivity index (χ4v) is 6.76. The Morgan fingerprint density at radius 1 is 1.32 bits per heavy atom. The Bertz CT molecular complexity index is 709. The summed E-state index contributed by atoms with van der Waals surface area (Å²) < 4.78 is 18.6. The third-order valence-corrected chi connectivity index (χ3v) is 8.14. The number of hydrogen-bond acceptors (Lipinski definition) is 2. The zero-order valence-corrected chi connectivity index (χ0v) is 15.6. The van der Waals surface area contributed by atoms with Gasteiger partial charge in [0.15, 0.2) is 0 Å². The van der Waals surface area contributed by atoms with Crippen LogP contribution in [0.5, 0.6) is 0 Å². The van der Waals surface area contributed by atoms with Crippen LogP contribution in [0.2, 0.25) is 0 Å². The van der Waals surface area contributed by atoms with Crippen LogP contribution in [0.4, 0.5) is 0 Å². The predicted octanol–water partition coefficient (Wildman–Crippen LogP) is 5.11. The van der Waals surface area contributed by atoms with Crippen LogP contribution in [0.1, 0.15) is 73.8 Å². The smallest absolute Gasteiger partial charge is 0.139 e. The van der Waals surface area contributed by atoms with E-state index in [9.17, 15) is 6.17 Å². The highest BCUT2D eigenvalue weighted by molar-refractivity contribution is 5.87. The van der Waals surface area contributed by atoms with Crippen molar-refractivity contribution in [3.63, 3.8) is 0 Å². The topological polar surface area (TPSA) is 20.3 Å². The summed E-state index contributed by atoms with van der Waals surface area (Å²) in [6.45, 7) is 4.50. The molecule has 136 valence electrons. The average Bonchev–Trinajstić information content (AvgIpc) is 3.31. The highest BCUT2D eigenvalue weighted by Crippen LogP contribution is 2.61. The minimum atomic E-state index is -0.703. The van der Waals surface area contributed by atoms with Gasteiger partial charge in [-0.05, 0) is 93.1 Å². The first-order valence-corrected chi connectivity index (χ1v) is 10.6.